The lowest BCUT2D eigenvalue weighted by Crippen LogP contribution is -2.14. The highest BCUT2D eigenvalue weighted by Gasteiger charge is 2.42. The van der Waals surface area contributed by atoms with Crippen molar-refractivity contribution in [3.8, 4) is 33.4 Å². The second-order valence-electron chi connectivity index (χ2n) is 17.1. The molecule has 0 bridgehead atoms. The van der Waals surface area contributed by atoms with Crippen LogP contribution in [0.4, 0.5) is 0 Å². The zero-order valence-corrected chi connectivity index (χ0v) is 35.3. The third-order valence-corrected chi connectivity index (χ3v) is 12.2. The zero-order valence-electron chi connectivity index (χ0n) is 35.3. The summed E-state index contributed by atoms with van der Waals surface area (Å²) in [5.74, 6) is 0.586. The first kappa shape index (κ1) is 37.9. The van der Waals surface area contributed by atoms with Gasteiger partial charge in [0.05, 0.1) is 0 Å². The molecule has 0 aliphatic heterocycles. The van der Waals surface area contributed by atoms with E-state index in [4.69, 9.17) is 0 Å². The van der Waals surface area contributed by atoms with Gasteiger partial charge in [-0.3, -0.25) is 0 Å². The lowest BCUT2D eigenvalue weighted by molar-refractivity contribution is 0.692. The van der Waals surface area contributed by atoms with Crippen molar-refractivity contribution in [1.82, 2.24) is 0 Å². The summed E-state index contributed by atoms with van der Waals surface area (Å²) in [6.45, 7) is 27.4. The number of hydrogen-bond donors (Lipinski definition) is 0. The van der Waals surface area contributed by atoms with E-state index in [0.717, 1.165) is 25.7 Å². The summed E-state index contributed by atoms with van der Waals surface area (Å²) in [6, 6.07) is 24.3. The largest absolute Gasteiger partial charge is 0.0656 e. The van der Waals surface area contributed by atoms with Crippen molar-refractivity contribution in [3.63, 3.8) is 0 Å². The Hall–Kier alpha value is -4.42. The van der Waals surface area contributed by atoms with E-state index in [2.05, 4.69) is 156 Å². The van der Waals surface area contributed by atoms with E-state index < -0.39 is 0 Å². The standard InChI is InChI=1S/C51H54.C3H8/c1-11-36-27-44-43(48(40(36)12-2)37-19-28(3)16-29(4)20-37)25-34(9)46(44)47-35(10)26-45-49(38-21-30(5)17-31(6)22-38)41-14-13-15-42(41)50(51(45)47)39-23-32(7)18-33(8)24-39;1-3-2/h16-27,46-47H,11-15H2,1-10H3;3H2,1-2H3. The lowest BCUT2D eigenvalue weighted by atomic mass is 9.72. The van der Waals surface area contributed by atoms with Crippen LogP contribution in [-0.4, -0.2) is 0 Å². The third-order valence-electron chi connectivity index (χ3n) is 12.2. The van der Waals surface area contributed by atoms with Crippen molar-refractivity contribution in [2.45, 2.75) is 133 Å². The molecule has 0 aromatic heterocycles. The van der Waals surface area contributed by atoms with Gasteiger partial charge in [-0.1, -0.05) is 151 Å². The van der Waals surface area contributed by atoms with Crippen LogP contribution in [0.5, 0.6) is 0 Å². The van der Waals surface area contributed by atoms with Crippen LogP contribution < -0.4 is 0 Å². The summed E-state index contributed by atoms with van der Waals surface area (Å²) in [4.78, 5) is 0. The summed E-state index contributed by atoms with van der Waals surface area (Å²) < 4.78 is 0. The highest BCUT2D eigenvalue weighted by Crippen LogP contribution is 2.59. The summed E-state index contributed by atoms with van der Waals surface area (Å²) in [5.41, 5.74) is 32.0. The topological polar surface area (TPSA) is 0 Å². The van der Waals surface area contributed by atoms with Crippen LogP contribution in [0.25, 0.3) is 45.5 Å². The first-order valence-corrected chi connectivity index (χ1v) is 20.9. The van der Waals surface area contributed by atoms with Crippen molar-refractivity contribution in [1.29, 1.82) is 0 Å². The summed E-state index contributed by atoms with van der Waals surface area (Å²) in [7, 11) is 0. The molecule has 0 radical (unpaired) electrons. The van der Waals surface area contributed by atoms with E-state index >= 15 is 0 Å². The van der Waals surface area contributed by atoms with Crippen molar-refractivity contribution < 1.29 is 0 Å². The third kappa shape index (κ3) is 6.55. The predicted octanol–water partition coefficient (Wildman–Crippen LogP) is 15.3. The fraction of sp³-hybridized carbons (Fsp3) is 0.370. The number of hydrogen-bond acceptors (Lipinski definition) is 0. The lowest BCUT2D eigenvalue weighted by Gasteiger charge is -2.31. The van der Waals surface area contributed by atoms with Crippen molar-refractivity contribution in [2.24, 2.45) is 0 Å². The molecule has 0 saturated carbocycles. The maximum Gasteiger partial charge on any atom is 0.0168 e. The van der Waals surface area contributed by atoms with Crippen molar-refractivity contribution in [3.05, 3.63) is 150 Å². The van der Waals surface area contributed by atoms with Gasteiger partial charge < -0.3 is 0 Å². The Kier molecular flexibility index (Phi) is 10.5. The number of benzene rings is 5. The molecule has 0 amide bonds. The molecule has 0 N–H and O–H groups in total. The zero-order chi connectivity index (χ0) is 38.6. The summed E-state index contributed by atoms with van der Waals surface area (Å²) >= 11 is 0. The minimum absolute atomic E-state index is 0.285. The quantitative estimate of drug-likeness (QED) is 0.165. The van der Waals surface area contributed by atoms with Crippen LogP contribution in [-0.2, 0) is 25.7 Å². The molecule has 0 nitrogen and oxygen atoms in total. The normalized spacial score (nSPS) is 16.7. The van der Waals surface area contributed by atoms with Gasteiger partial charge in [-0.25, -0.2) is 0 Å². The Morgan fingerprint density at radius 1 is 0.463 bits per heavy atom. The molecule has 2 unspecified atom stereocenters. The molecule has 8 rings (SSSR count). The number of allylic oxidation sites excluding steroid dienone is 2. The molecule has 278 valence electrons. The number of rotatable bonds is 6. The molecule has 0 heteroatoms. The summed E-state index contributed by atoms with van der Waals surface area (Å²) in [5, 5.41) is 0. The Morgan fingerprint density at radius 2 is 0.889 bits per heavy atom. The van der Waals surface area contributed by atoms with E-state index in [1.54, 1.807) is 16.7 Å². The van der Waals surface area contributed by atoms with Crippen LogP contribution in [0.2, 0.25) is 0 Å². The molecule has 3 aliphatic rings. The molecule has 54 heavy (non-hydrogen) atoms. The van der Waals surface area contributed by atoms with Crippen LogP contribution in [0.1, 0.15) is 144 Å². The first-order valence-electron chi connectivity index (χ1n) is 20.9. The average Bonchev–Trinajstić information content (AvgIpc) is 3.79. The van der Waals surface area contributed by atoms with Crippen molar-refractivity contribution >= 4 is 12.2 Å². The Balaban J connectivity index is 0.00000145. The van der Waals surface area contributed by atoms with Crippen LogP contribution >= 0.6 is 0 Å². The van der Waals surface area contributed by atoms with Crippen molar-refractivity contribution in [2.75, 3.05) is 0 Å². The van der Waals surface area contributed by atoms with Gasteiger partial charge in [-0.15, -0.1) is 0 Å². The number of fused-ring (bicyclic) bond motifs is 3. The molecular formula is C54H62. The second-order valence-corrected chi connectivity index (χ2v) is 17.1. The van der Waals surface area contributed by atoms with E-state index in [9.17, 15) is 0 Å². The second kappa shape index (κ2) is 15.0. The van der Waals surface area contributed by atoms with E-state index in [0.29, 0.717) is 5.92 Å². The van der Waals surface area contributed by atoms with Gasteiger partial charge in [0.1, 0.15) is 0 Å². The molecule has 3 aliphatic carbocycles. The van der Waals surface area contributed by atoms with Crippen LogP contribution in [0.15, 0.2) is 71.8 Å². The van der Waals surface area contributed by atoms with E-state index in [-0.39, 0.29) is 5.92 Å². The molecular weight excluding hydrogens is 649 g/mol. The first-order chi connectivity index (χ1) is 25.9. The molecule has 0 saturated heterocycles. The predicted molar refractivity (Wildman–Crippen MR) is 237 cm³/mol. The average molecular weight is 711 g/mol. The van der Waals surface area contributed by atoms with Crippen LogP contribution in [0, 0.1) is 41.5 Å². The molecule has 0 fully saturated rings. The minimum Gasteiger partial charge on any atom is -0.0656 e. The molecule has 5 aromatic rings. The van der Waals surface area contributed by atoms with Gasteiger partial charge in [0, 0.05) is 11.8 Å². The minimum atomic E-state index is 0.285. The van der Waals surface area contributed by atoms with Gasteiger partial charge in [-0.2, -0.15) is 0 Å². The molecule has 0 spiro atoms. The Bertz CT molecular complexity index is 2290. The maximum absolute atomic E-state index is 2.62. The monoisotopic (exact) mass is 710 g/mol. The molecule has 0 heterocycles. The fourth-order valence-corrected chi connectivity index (χ4v) is 10.6. The highest BCUT2D eigenvalue weighted by molar-refractivity contribution is 5.94. The maximum atomic E-state index is 2.62. The SMILES string of the molecule is CCC.CCc1cc2c(c(-c3cc(C)cc(C)c3)c1CC)C=C(C)C2C1C(C)=Cc2c(-c3cc(C)cc(C)c3)c3c(c(-c4cc(C)cc(C)c4)c21)CCC3. The summed E-state index contributed by atoms with van der Waals surface area (Å²) in [6.07, 6.45) is 12.1. The van der Waals surface area contributed by atoms with Crippen LogP contribution in [0.3, 0.4) is 0 Å². The Morgan fingerprint density at radius 3 is 1.37 bits per heavy atom. The van der Waals surface area contributed by atoms with Gasteiger partial charge in [0.15, 0.2) is 0 Å². The van der Waals surface area contributed by atoms with E-state index in [1.165, 1.54) is 119 Å². The highest BCUT2D eigenvalue weighted by atomic mass is 14.4. The van der Waals surface area contributed by atoms with Gasteiger partial charge in [0.2, 0.25) is 0 Å². The number of aryl methyl sites for hydroxylation is 7. The fourth-order valence-electron chi connectivity index (χ4n) is 10.6. The van der Waals surface area contributed by atoms with Gasteiger partial charge in [0.25, 0.3) is 0 Å². The van der Waals surface area contributed by atoms with Gasteiger partial charge >= 0.3 is 0 Å². The van der Waals surface area contributed by atoms with E-state index in [1.807, 2.05) is 0 Å². The molecule has 2 atom stereocenters. The smallest absolute Gasteiger partial charge is 0.0168 e. The molecule has 5 aromatic carbocycles. The van der Waals surface area contributed by atoms with Gasteiger partial charge in [-0.05, 0) is 165 Å². The Labute approximate surface area is 327 Å².